The average Bonchev–Trinajstić information content (AvgIpc) is 3.07. The number of benzene rings is 1. The van der Waals surface area contributed by atoms with Gasteiger partial charge in [0.05, 0.1) is 0 Å². The summed E-state index contributed by atoms with van der Waals surface area (Å²) in [6, 6.07) is 3.84. The van der Waals surface area contributed by atoms with Gasteiger partial charge in [-0.25, -0.2) is 0 Å². The Morgan fingerprint density at radius 2 is 2.07 bits per heavy atom. The van der Waals surface area contributed by atoms with Crippen molar-refractivity contribution >= 4 is 28.9 Å². The van der Waals surface area contributed by atoms with Crippen LogP contribution in [0.15, 0.2) is 24.5 Å². The summed E-state index contributed by atoms with van der Waals surface area (Å²) in [5.74, 6) is -0.676. The number of nitrogens with one attached hydrogen (secondary N) is 1. The number of hydrogen-bond donors (Lipinski definition) is 1. The number of hydrogen-bond acceptors (Lipinski definition) is 8. The van der Waals surface area contributed by atoms with Gasteiger partial charge in [0.25, 0.3) is 0 Å². The third-order valence-electron chi connectivity index (χ3n) is 3.46. The van der Waals surface area contributed by atoms with E-state index in [-0.39, 0.29) is 52.5 Å². The number of aryl methyl sites for hydroxylation is 1. The SMILES string of the molecule is COc1c(Nc2cc(Cl)nnc2C(=O)[O][Zn])cc(F)cc1-c1ncn(C)n1. The van der Waals surface area contributed by atoms with Crippen molar-refractivity contribution in [2.24, 2.45) is 7.05 Å². The fourth-order valence-corrected chi connectivity index (χ4v) is 2.80. The molecule has 0 saturated heterocycles. The molecular weight excluding hydrogens is 432 g/mol. The maximum atomic E-state index is 14.2. The first-order chi connectivity index (χ1) is 12.9. The fourth-order valence-electron chi connectivity index (χ4n) is 2.36. The molecule has 2 aromatic heterocycles. The molecule has 1 N–H and O–H groups in total. The molecule has 0 bridgehead atoms. The molecule has 3 rings (SSSR count). The van der Waals surface area contributed by atoms with E-state index in [0.717, 1.165) is 0 Å². The van der Waals surface area contributed by atoms with E-state index in [9.17, 15) is 9.18 Å². The number of carbonyl (C=O) groups excluding carboxylic acids is 1. The minimum absolute atomic E-state index is 0.0446. The number of nitrogens with zero attached hydrogens (tertiary/aromatic N) is 5. The summed E-state index contributed by atoms with van der Waals surface area (Å²) in [5, 5.41) is 14.5. The summed E-state index contributed by atoms with van der Waals surface area (Å²) in [4.78, 5) is 16.1. The van der Waals surface area contributed by atoms with Crippen LogP contribution in [-0.4, -0.2) is 38.0 Å². The van der Waals surface area contributed by atoms with E-state index in [0.29, 0.717) is 5.56 Å². The van der Waals surface area contributed by atoms with Crippen LogP contribution in [0.1, 0.15) is 10.5 Å². The van der Waals surface area contributed by atoms with E-state index >= 15 is 0 Å². The van der Waals surface area contributed by atoms with Crippen molar-refractivity contribution in [1.82, 2.24) is 25.0 Å². The first-order valence-electron chi connectivity index (χ1n) is 7.43. The van der Waals surface area contributed by atoms with Crippen molar-refractivity contribution in [3.8, 4) is 17.1 Å². The molecule has 0 radical (unpaired) electrons. The summed E-state index contributed by atoms with van der Waals surface area (Å²) in [6.07, 6.45) is 1.48. The third kappa shape index (κ3) is 4.04. The van der Waals surface area contributed by atoms with Crippen LogP contribution in [0.25, 0.3) is 11.4 Å². The number of anilines is 2. The molecule has 135 valence electrons. The van der Waals surface area contributed by atoms with E-state index < -0.39 is 11.8 Å². The van der Waals surface area contributed by atoms with Gasteiger partial charge in [0.1, 0.15) is 0 Å². The first kappa shape index (κ1) is 19.1. The zero-order valence-electron chi connectivity index (χ0n) is 14.2. The van der Waals surface area contributed by atoms with Crippen LogP contribution in [0.2, 0.25) is 5.15 Å². The van der Waals surface area contributed by atoms with Crippen LogP contribution in [0, 0.1) is 5.82 Å². The van der Waals surface area contributed by atoms with E-state index in [1.807, 2.05) is 0 Å². The van der Waals surface area contributed by atoms with Crippen LogP contribution in [0.5, 0.6) is 5.75 Å². The molecule has 0 aliphatic carbocycles. The number of halogens is 2. The van der Waals surface area contributed by atoms with E-state index in [1.165, 1.54) is 36.3 Å². The Kier molecular flexibility index (Phi) is 5.62. The summed E-state index contributed by atoms with van der Waals surface area (Å²) in [7, 11) is 3.12. The number of methoxy groups -OCH3 is 1. The molecule has 9 nitrogen and oxygen atoms in total. The van der Waals surface area contributed by atoms with Gasteiger partial charge in [-0.15, -0.1) is 0 Å². The summed E-state index contributed by atoms with van der Waals surface area (Å²) < 4.78 is 26.0. The van der Waals surface area contributed by atoms with Gasteiger partial charge in [-0.05, 0) is 0 Å². The molecule has 0 atom stereocenters. The van der Waals surface area contributed by atoms with Gasteiger partial charge in [0, 0.05) is 0 Å². The van der Waals surface area contributed by atoms with Crippen molar-refractivity contribution in [3.05, 3.63) is 41.2 Å². The monoisotopic (exact) mass is 441 g/mol. The van der Waals surface area contributed by atoms with Gasteiger partial charge in [-0.3, -0.25) is 0 Å². The molecule has 0 saturated carbocycles. The van der Waals surface area contributed by atoms with Crippen LogP contribution < -0.4 is 10.1 Å². The van der Waals surface area contributed by atoms with Gasteiger partial charge in [-0.2, -0.15) is 0 Å². The van der Waals surface area contributed by atoms with Crippen molar-refractivity contribution < 1.29 is 36.1 Å². The molecule has 2 heterocycles. The Hall–Kier alpha value is -2.65. The van der Waals surface area contributed by atoms with Gasteiger partial charge in [0.15, 0.2) is 0 Å². The summed E-state index contributed by atoms with van der Waals surface area (Å²) in [6.45, 7) is 0. The standard InChI is InChI=1S/C15H12ClFN6O3.Zn/c1-23-6-18-14(22-23)8-3-7(17)4-10(13(8)26-2)19-9-5-11(16)20-21-12(9)15(24)25;/h3-6H,1-2H3,(H,19,20)(H,24,25);/q;+1/p-1. The number of ether oxygens (including phenoxy) is 1. The summed E-state index contributed by atoms with van der Waals surface area (Å²) in [5.41, 5.74) is 0.664. The second kappa shape index (κ2) is 7.93. The molecule has 0 spiro atoms. The van der Waals surface area contributed by atoms with E-state index in [4.69, 9.17) is 19.9 Å². The second-order valence-corrected chi connectivity index (χ2v) is 6.26. The number of rotatable bonds is 5. The van der Waals surface area contributed by atoms with E-state index in [2.05, 4.69) is 25.6 Å². The molecule has 0 fully saturated rings. The van der Waals surface area contributed by atoms with Crippen molar-refractivity contribution in [1.29, 1.82) is 0 Å². The normalized spacial score (nSPS) is 10.6. The molecule has 0 unspecified atom stereocenters. The zero-order valence-corrected chi connectivity index (χ0v) is 18.0. The molecule has 0 aliphatic rings. The Morgan fingerprint density at radius 3 is 2.70 bits per heavy atom. The van der Waals surface area contributed by atoms with Crippen LogP contribution in [0.4, 0.5) is 15.8 Å². The topological polar surface area (TPSA) is 104 Å². The van der Waals surface area contributed by atoms with Gasteiger partial charge >= 0.3 is 168 Å². The van der Waals surface area contributed by atoms with Crippen LogP contribution in [-0.2, 0) is 29.3 Å². The fraction of sp³-hybridized carbons (Fsp3) is 0.133. The predicted octanol–water partition coefficient (Wildman–Crippen LogP) is 2.44. The molecule has 3 aromatic rings. The zero-order chi connectivity index (χ0) is 19.6. The number of aromatic nitrogens is 5. The van der Waals surface area contributed by atoms with Crippen LogP contribution >= 0.6 is 11.6 Å². The average molecular weight is 443 g/mol. The third-order valence-corrected chi connectivity index (χ3v) is 4.19. The second-order valence-electron chi connectivity index (χ2n) is 5.26. The molecule has 0 amide bonds. The molecular formula is C15H11ClFN6O3Zn. The molecule has 1 aromatic carbocycles. The minimum atomic E-state index is -0.677. The maximum absolute atomic E-state index is 14.2. The Bertz CT molecular complexity index is 1020. The van der Waals surface area contributed by atoms with E-state index in [1.54, 1.807) is 7.05 Å². The van der Waals surface area contributed by atoms with Gasteiger partial charge in [0.2, 0.25) is 0 Å². The quantitative estimate of drug-likeness (QED) is 0.600. The summed E-state index contributed by atoms with van der Waals surface area (Å²) >= 11 is 6.16. The molecule has 0 aliphatic heterocycles. The predicted molar refractivity (Wildman–Crippen MR) is 88.7 cm³/mol. The Morgan fingerprint density at radius 1 is 1.30 bits per heavy atom. The van der Waals surface area contributed by atoms with Crippen molar-refractivity contribution in [2.45, 2.75) is 0 Å². The molecule has 12 heteroatoms. The number of carbonyl (C=O) groups is 1. The van der Waals surface area contributed by atoms with Crippen molar-refractivity contribution in [2.75, 3.05) is 12.4 Å². The first-order valence-corrected chi connectivity index (χ1v) is 9.02. The van der Waals surface area contributed by atoms with Gasteiger partial charge in [-0.1, -0.05) is 0 Å². The van der Waals surface area contributed by atoms with Gasteiger partial charge < -0.3 is 0 Å². The van der Waals surface area contributed by atoms with Crippen molar-refractivity contribution in [3.63, 3.8) is 0 Å². The van der Waals surface area contributed by atoms with Crippen LogP contribution in [0.3, 0.4) is 0 Å². The molecule has 27 heavy (non-hydrogen) atoms. The Balaban J connectivity index is 2.12. The Labute approximate surface area is 167 Å².